The Morgan fingerprint density at radius 2 is 1.68 bits per heavy atom. The maximum absolute atomic E-state index is 12.6. The molecule has 1 heterocycles. The zero-order valence-electron chi connectivity index (χ0n) is 18.1. The van der Waals surface area contributed by atoms with Gasteiger partial charge in [0.05, 0.1) is 11.3 Å². The van der Waals surface area contributed by atoms with E-state index in [0.29, 0.717) is 22.6 Å². The molecule has 0 saturated carbocycles. The molecule has 4 aromatic rings. The van der Waals surface area contributed by atoms with Crippen LogP contribution in [0.15, 0.2) is 88.4 Å². The van der Waals surface area contributed by atoms with Crippen molar-refractivity contribution in [2.75, 3.05) is 6.61 Å². The predicted octanol–water partition coefficient (Wildman–Crippen LogP) is 6.65. The van der Waals surface area contributed by atoms with Gasteiger partial charge in [0.1, 0.15) is 17.9 Å². The van der Waals surface area contributed by atoms with Crippen LogP contribution in [0, 0.1) is 0 Å². The van der Waals surface area contributed by atoms with Crippen LogP contribution in [0.25, 0.3) is 11.0 Å². The third kappa shape index (κ3) is 5.64. The number of oxime groups is 1. The second kappa shape index (κ2) is 9.82. The summed E-state index contributed by atoms with van der Waals surface area (Å²) in [7, 11) is 0. The van der Waals surface area contributed by atoms with Gasteiger partial charge in [0.25, 0.3) is 0 Å². The number of nitrogens with zero attached hydrogens (tertiary/aromatic N) is 1. The number of carbonyl (C=O) groups excluding carboxylic acids is 1. The number of Topliss-reactive ketones (excluding diaryl/α,β-unsaturated/α-hetero) is 1. The Labute approximate surface area is 193 Å². The fourth-order valence-corrected chi connectivity index (χ4v) is 3.18. The summed E-state index contributed by atoms with van der Waals surface area (Å²) in [6, 6.07) is 20.7. The number of benzene rings is 3. The first kappa shape index (κ1) is 23.1. The molecule has 0 aliphatic heterocycles. The van der Waals surface area contributed by atoms with E-state index in [9.17, 15) is 18.0 Å². The highest BCUT2D eigenvalue weighted by atomic mass is 19.4. The molecule has 0 spiro atoms. The van der Waals surface area contributed by atoms with Gasteiger partial charge in [0.15, 0.2) is 12.4 Å². The number of ketones is 1. The monoisotopic (exact) mass is 467 g/mol. The first-order valence-electron chi connectivity index (χ1n) is 10.4. The van der Waals surface area contributed by atoms with Gasteiger partial charge in [-0.3, -0.25) is 4.79 Å². The summed E-state index contributed by atoms with van der Waals surface area (Å²) in [6.45, 7) is 1.62. The zero-order valence-corrected chi connectivity index (χ0v) is 18.1. The lowest BCUT2D eigenvalue weighted by atomic mass is 10.1. The van der Waals surface area contributed by atoms with E-state index in [0.717, 1.165) is 23.1 Å². The van der Waals surface area contributed by atoms with E-state index in [2.05, 4.69) is 5.16 Å². The van der Waals surface area contributed by atoms with E-state index in [4.69, 9.17) is 14.0 Å². The average molecular weight is 467 g/mol. The molecule has 0 unspecified atom stereocenters. The van der Waals surface area contributed by atoms with Crippen LogP contribution >= 0.6 is 0 Å². The van der Waals surface area contributed by atoms with Gasteiger partial charge in [0.2, 0.25) is 5.78 Å². The minimum atomic E-state index is -4.37. The molecule has 0 aliphatic carbocycles. The fourth-order valence-electron chi connectivity index (χ4n) is 3.18. The van der Waals surface area contributed by atoms with Gasteiger partial charge in [-0.25, -0.2) is 0 Å². The molecule has 0 radical (unpaired) electrons. The van der Waals surface area contributed by atoms with Crippen LogP contribution in [-0.4, -0.2) is 18.1 Å². The van der Waals surface area contributed by atoms with Crippen molar-refractivity contribution in [1.82, 2.24) is 0 Å². The molecule has 3 aromatic carbocycles. The van der Waals surface area contributed by atoms with Gasteiger partial charge >= 0.3 is 6.18 Å². The number of alkyl halides is 3. The maximum Gasteiger partial charge on any atom is 0.416 e. The zero-order chi connectivity index (χ0) is 24.1. The minimum Gasteiger partial charge on any atom is -0.485 e. The first-order chi connectivity index (χ1) is 16.3. The Balaban J connectivity index is 1.29. The second-order valence-electron chi connectivity index (χ2n) is 7.53. The van der Waals surface area contributed by atoms with Crippen LogP contribution in [0.5, 0.6) is 5.75 Å². The highest BCUT2D eigenvalue weighted by molar-refractivity contribution is 5.99. The van der Waals surface area contributed by atoms with E-state index in [1.165, 1.54) is 12.1 Å². The Morgan fingerprint density at radius 3 is 2.35 bits per heavy atom. The Kier molecular flexibility index (Phi) is 6.67. The van der Waals surface area contributed by atoms with Crippen LogP contribution in [0.4, 0.5) is 13.2 Å². The lowest BCUT2D eigenvalue weighted by molar-refractivity contribution is -0.137. The molecule has 0 atom stereocenters. The maximum atomic E-state index is 12.6. The van der Waals surface area contributed by atoms with Crippen LogP contribution in [0.3, 0.4) is 0 Å². The van der Waals surface area contributed by atoms with Crippen molar-refractivity contribution in [3.8, 4) is 5.75 Å². The van der Waals surface area contributed by atoms with Crippen molar-refractivity contribution >= 4 is 22.5 Å². The lowest BCUT2D eigenvalue weighted by Gasteiger charge is -2.08. The summed E-state index contributed by atoms with van der Waals surface area (Å²) in [5.41, 5.74) is 1.85. The Morgan fingerprint density at radius 1 is 0.971 bits per heavy atom. The molecule has 0 amide bonds. The van der Waals surface area contributed by atoms with Gasteiger partial charge in [-0.05, 0) is 66.6 Å². The molecule has 0 saturated heterocycles. The third-order valence-corrected chi connectivity index (χ3v) is 5.06. The van der Waals surface area contributed by atoms with Crippen LogP contribution in [0.1, 0.15) is 34.2 Å². The standard InChI is InChI=1S/C26H20F3NO4/c1-17(30-33-15-18-6-10-21(11-7-18)26(27,28)29)19-8-12-22(13-9-19)32-16-23(31)25-14-20-4-2-3-5-24(20)34-25/h2-14H,15-16H2,1H3/b30-17+. The molecule has 34 heavy (non-hydrogen) atoms. The summed E-state index contributed by atoms with van der Waals surface area (Å²) < 4.78 is 49.0. The highest BCUT2D eigenvalue weighted by Gasteiger charge is 2.29. The first-order valence-corrected chi connectivity index (χ1v) is 10.4. The number of carbonyl (C=O) groups is 1. The summed E-state index contributed by atoms with van der Waals surface area (Å²) in [6.07, 6.45) is -4.37. The topological polar surface area (TPSA) is 61.0 Å². The number of halogens is 3. The van der Waals surface area contributed by atoms with Crippen LogP contribution in [-0.2, 0) is 17.6 Å². The Bertz CT molecular complexity index is 1270. The summed E-state index contributed by atoms with van der Waals surface area (Å²) in [4.78, 5) is 17.6. The fraction of sp³-hybridized carbons (Fsp3) is 0.154. The molecular weight excluding hydrogens is 447 g/mol. The third-order valence-electron chi connectivity index (χ3n) is 5.06. The van der Waals surface area contributed by atoms with E-state index < -0.39 is 11.7 Å². The SMILES string of the molecule is C/C(=N\OCc1ccc(C(F)(F)F)cc1)c1ccc(OCC(=O)c2cc3ccccc3o2)cc1. The average Bonchev–Trinajstić information content (AvgIpc) is 3.27. The van der Waals surface area contributed by atoms with E-state index in [-0.39, 0.29) is 24.8 Å². The Hall–Kier alpha value is -4.07. The quantitative estimate of drug-likeness (QED) is 0.165. The van der Waals surface area contributed by atoms with Crippen LogP contribution < -0.4 is 4.74 Å². The number of rotatable bonds is 8. The molecule has 174 valence electrons. The van der Waals surface area contributed by atoms with Gasteiger partial charge in [-0.2, -0.15) is 13.2 Å². The van der Waals surface area contributed by atoms with E-state index in [1.54, 1.807) is 43.3 Å². The highest BCUT2D eigenvalue weighted by Crippen LogP contribution is 2.29. The minimum absolute atomic E-state index is 0.0422. The molecule has 0 fully saturated rings. The molecule has 1 aromatic heterocycles. The predicted molar refractivity (Wildman–Crippen MR) is 121 cm³/mol. The van der Waals surface area contributed by atoms with Gasteiger partial charge in [-0.15, -0.1) is 0 Å². The molecule has 5 nitrogen and oxygen atoms in total. The number of fused-ring (bicyclic) bond motifs is 1. The number of hydrogen-bond donors (Lipinski definition) is 0. The summed E-state index contributed by atoms with van der Waals surface area (Å²) in [5, 5.41) is 4.86. The molecule has 0 N–H and O–H groups in total. The van der Waals surface area contributed by atoms with Crippen molar-refractivity contribution in [2.24, 2.45) is 5.16 Å². The number of para-hydroxylation sites is 1. The number of ether oxygens (including phenoxy) is 1. The smallest absolute Gasteiger partial charge is 0.416 e. The van der Waals surface area contributed by atoms with Crippen molar-refractivity contribution in [3.05, 3.63) is 101 Å². The number of furan rings is 1. The van der Waals surface area contributed by atoms with Gasteiger partial charge in [0, 0.05) is 5.39 Å². The molecule has 0 bridgehead atoms. The van der Waals surface area contributed by atoms with E-state index >= 15 is 0 Å². The van der Waals surface area contributed by atoms with Crippen molar-refractivity contribution < 1.29 is 32.0 Å². The second-order valence-corrected chi connectivity index (χ2v) is 7.53. The number of hydrogen-bond acceptors (Lipinski definition) is 5. The van der Waals surface area contributed by atoms with Gasteiger partial charge in [-0.1, -0.05) is 35.5 Å². The van der Waals surface area contributed by atoms with E-state index in [1.807, 2.05) is 18.2 Å². The molecule has 0 aliphatic rings. The van der Waals surface area contributed by atoms with Crippen molar-refractivity contribution in [1.29, 1.82) is 0 Å². The molecule has 4 rings (SSSR count). The lowest BCUT2D eigenvalue weighted by Crippen LogP contribution is -2.10. The largest absolute Gasteiger partial charge is 0.485 e. The normalized spacial score (nSPS) is 12.1. The molecule has 8 heteroatoms. The molecular formula is C26H20F3NO4. The summed E-state index contributed by atoms with van der Waals surface area (Å²) >= 11 is 0. The summed E-state index contributed by atoms with van der Waals surface area (Å²) in [5.74, 6) is 0.479. The van der Waals surface area contributed by atoms with Gasteiger partial charge < -0.3 is 14.0 Å². The van der Waals surface area contributed by atoms with Crippen molar-refractivity contribution in [2.45, 2.75) is 19.7 Å². The van der Waals surface area contributed by atoms with Crippen molar-refractivity contribution in [3.63, 3.8) is 0 Å². The van der Waals surface area contributed by atoms with Crippen LogP contribution in [0.2, 0.25) is 0 Å².